The lowest BCUT2D eigenvalue weighted by atomic mass is 9.86. The van der Waals surface area contributed by atoms with Crippen LogP contribution in [0.5, 0.6) is 0 Å². The number of hydrogen-bond donors (Lipinski definition) is 2. The second kappa shape index (κ2) is 5.41. The first-order valence-electron chi connectivity index (χ1n) is 7.32. The minimum Gasteiger partial charge on any atom is -0.393 e. The minimum absolute atomic E-state index is 0.0462. The first-order chi connectivity index (χ1) is 8.81. The van der Waals surface area contributed by atoms with Crippen LogP contribution < -0.4 is 5.32 Å². The highest BCUT2D eigenvalue weighted by molar-refractivity contribution is 5.30. The van der Waals surface area contributed by atoms with E-state index in [0.717, 1.165) is 25.7 Å². The summed E-state index contributed by atoms with van der Waals surface area (Å²) in [5.74, 6) is 0. The molecular weight excluding hydrogens is 222 g/mol. The molecule has 0 aromatic heterocycles. The second-order valence-corrected chi connectivity index (χ2v) is 5.88. The van der Waals surface area contributed by atoms with Gasteiger partial charge in [-0.05, 0) is 56.1 Å². The van der Waals surface area contributed by atoms with Gasteiger partial charge in [0.05, 0.1) is 6.10 Å². The fraction of sp³-hybridized carbons (Fsp3) is 0.625. The van der Waals surface area contributed by atoms with Gasteiger partial charge in [0.15, 0.2) is 0 Å². The van der Waals surface area contributed by atoms with Crippen LogP contribution in [0.2, 0.25) is 0 Å². The molecule has 18 heavy (non-hydrogen) atoms. The number of fused-ring (bicyclic) bond motifs is 1. The van der Waals surface area contributed by atoms with Crippen molar-refractivity contribution in [1.29, 1.82) is 0 Å². The van der Waals surface area contributed by atoms with E-state index >= 15 is 0 Å². The lowest BCUT2D eigenvalue weighted by Gasteiger charge is -2.33. The highest BCUT2D eigenvalue weighted by Crippen LogP contribution is 2.24. The zero-order valence-electron chi connectivity index (χ0n) is 10.9. The summed E-state index contributed by atoms with van der Waals surface area (Å²) in [6.45, 7) is 0. The van der Waals surface area contributed by atoms with Crippen molar-refractivity contribution in [2.75, 3.05) is 0 Å². The molecular formula is C16H23NO. The monoisotopic (exact) mass is 245 g/mol. The predicted octanol–water partition coefficient (Wildman–Crippen LogP) is 2.44. The van der Waals surface area contributed by atoms with E-state index in [-0.39, 0.29) is 6.10 Å². The van der Waals surface area contributed by atoms with Crippen LogP contribution in [0.1, 0.15) is 43.2 Å². The Morgan fingerprint density at radius 1 is 0.889 bits per heavy atom. The zero-order chi connectivity index (χ0) is 12.4. The summed E-state index contributed by atoms with van der Waals surface area (Å²) in [6, 6.07) is 10.1. The summed E-state index contributed by atoms with van der Waals surface area (Å²) in [6.07, 6.45) is 7.82. The van der Waals surface area contributed by atoms with Crippen LogP contribution in [0, 0.1) is 0 Å². The van der Waals surface area contributed by atoms with Crippen molar-refractivity contribution < 1.29 is 5.11 Å². The molecule has 1 atom stereocenters. The molecule has 0 heterocycles. The van der Waals surface area contributed by atoms with Gasteiger partial charge >= 0.3 is 0 Å². The molecule has 1 aromatic carbocycles. The van der Waals surface area contributed by atoms with Gasteiger partial charge in [-0.3, -0.25) is 0 Å². The van der Waals surface area contributed by atoms with Crippen molar-refractivity contribution in [2.24, 2.45) is 0 Å². The number of benzene rings is 1. The number of hydrogen-bond acceptors (Lipinski definition) is 2. The standard InChI is InChI=1S/C16H23NO/c18-16-9-7-14(8-10-16)17-15-6-5-12-3-1-2-4-13(12)11-15/h1-4,14-18H,5-11H2/t14?,15-,16?/m1/s1. The van der Waals surface area contributed by atoms with Crippen LogP contribution >= 0.6 is 0 Å². The maximum absolute atomic E-state index is 9.54. The lowest BCUT2D eigenvalue weighted by Crippen LogP contribution is -2.43. The molecule has 1 fully saturated rings. The summed E-state index contributed by atoms with van der Waals surface area (Å²) in [5.41, 5.74) is 3.06. The average Bonchev–Trinajstić information content (AvgIpc) is 2.41. The van der Waals surface area contributed by atoms with E-state index < -0.39 is 0 Å². The Bertz CT molecular complexity index is 396. The van der Waals surface area contributed by atoms with Crippen LogP contribution in [0.4, 0.5) is 0 Å². The first-order valence-corrected chi connectivity index (χ1v) is 7.32. The third-order valence-electron chi connectivity index (χ3n) is 4.51. The molecule has 2 aliphatic carbocycles. The van der Waals surface area contributed by atoms with Gasteiger partial charge in [0.2, 0.25) is 0 Å². The molecule has 2 aliphatic rings. The SMILES string of the molecule is OC1CCC(N[C@@H]2CCc3ccccc3C2)CC1. The molecule has 1 saturated carbocycles. The lowest BCUT2D eigenvalue weighted by molar-refractivity contribution is 0.113. The van der Waals surface area contributed by atoms with E-state index in [9.17, 15) is 5.11 Å². The predicted molar refractivity (Wildman–Crippen MR) is 73.7 cm³/mol. The topological polar surface area (TPSA) is 32.3 Å². The quantitative estimate of drug-likeness (QED) is 0.839. The Kier molecular flexibility index (Phi) is 3.67. The normalized spacial score (nSPS) is 31.9. The Balaban J connectivity index is 1.56. The molecule has 2 N–H and O–H groups in total. The van der Waals surface area contributed by atoms with Crippen LogP contribution in [-0.2, 0) is 12.8 Å². The number of aliphatic hydroxyl groups excluding tert-OH is 1. The largest absolute Gasteiger partial charge is 0.393 e. The van der Waals surface area contributed by atoms with Crippen LogP contribution in [0.15, 0.2) is 24.3 Å². The van der Waals surface area contributed by atoms with E-state index in [4.69, 9.17) is 0 Å². The van der Waals surface area contributed by atoms with Crippen LogP contribution in [0.3, 0.4) is 0 Å². The maximum atomic E-state index is 9.54. The Labute approximate surface area is 109 Å². The third-order valence-corrected chi connectivity index (χ3v) is 4.51. The molecule has 0 aliphatic heterocycles. The fourth-order valence-electron chi connectivity index (χ4n) is 3.42. The molecule has 0 unspecified atom stereocenters. The van der Waals surface area contributed by atoms with Crippen molar-refractivity contribution in [3.63, 3.8) is 0 Å². The van der Waals surface area contributed by atoms with Gasteiger partial charge < -0.3 is 10.4 Å². The molecule has 2 nitrogen and oxygen atoms in total. The van der Waals surface area contributed by atoms with Gasteiger partial charge in [0, 0.05) is 12.1 Å². The number of aryl methyl sites for hydroxylation is 1. The zero-order valence-corrected chi connectivity index (χ0v) is 10.9. The fourth-order valence-corrected chi connectivity index (χ4v) is 3.42. The third kappa shape index (κ3) is 2.76. The molecule has 1 aromatic rings. The molecule has 0 bridgehead atoms. The summed E-state index contributed by atoms with van der Waals surface area (Å²) in [5, 5.41) is 13.3. The van der Waals surface area contributed by atoms with E-state index in [2.05, 4.69) is 29.6 Å². The molecule has 98 valence electrons. The van der Waals surface area contributed by atoms with Gasteiger partial charge in [-0.2, -0.15) is 0 Å². The first kappa shape index (κ1) is 12.2. The highest BCUT2D eigenvalue weighted by atomic mass is 16.3. The van der Waals surface area contributed by atoms with Gasteiger partial charge in [-0.15, -0.1) is 0 Å². The molecule has 0 saturated heterocycles. The number of rotatable bonds is 2. The molecule has 3 rings (SSSR count). The summed E-state index contributed by atoms with van der Waals surface area (Å²) in [7, 11) is 0. The molecule has 0 spiro atoms. The minimum atomic E-state index is -0.0462. The van der Waals surface area contributed by atoms with Gasteiger partial charge in [0.25, 0.3) is 0 Å². The van der Waals surface area contributed by atoms with E-state index in [1.165, 1.54) is 30.4 Å². The van der Waals surface area contributed by atoms with Crippen molar-refractivity contribution in [3.05, 3.63) is 35.4 Å². The second-order valence-electron chi connectivity index (χ2n) is 5.88. The Morgan fingerprint density at radius 2 is 1.61 bits per heavy atom. The molecule has 2 heteroatoms. The maximum Gasteiger partial charge on any atom is 0.0541 e. The smallest absolute Gasteiger partial charge is 0.0541 e. The number of aliphatic hydroxyl groups is 1. The van der Waals surface area contributed by atoms with Gasteiger partial charge in [0.1, 0.15) is 0 Å². The van der Waals surface area contributed by atoms with E-state index in [1.807, 2.05) is 0 Å². The molecule has 0 radical (unpaired) electrons. The van der Waals surface area contributed by atoms with Gasteiger partial charge in [-0.1, -0.05) is 24.3 Å². The summed E-state index contributed by atoms with van der Waals surface area (Å²) < 4.78 is 0. The summed E-state index contributed by atoms with van der Waals surface area (Å²) >= 11 is 0. The van der Waals surface area contributed by atoms with Crippen LogP contribution in [-0.4, -0.2) is 23.3 Å². The summed E-state index contributed by atoms with van der Waals surface area (Å²) in [4.78, 5) is 0. The van der Waals surface area contributed by atoms with Crippen molar-refractivity contribution in [1.82, 2.24) is 5.32 Å². The van der Waals surface area contributed by atoms with Crippen molar-refractivity contribution in [3.8, 4) is 0 Å². The van der Waals surface area contributed by atoms with Crippen molar-refractivity contribution >= 4 is 0 Å². The number of nitrogens with one attached hydrogen (secondary N) is 1. The Hall–Kier alpha value is -0.860. The Morgan fingerprint density at radius 3 is 2.39 bits per heavy atom. The van der Waals surface area contributed by atoms with Crippen LogP contribution in [0.25, 0.3) is 0 Å². The highest BCUT2D eigenvalue weighted by Gasteiger charge is 2.24. The van der Waals surface area contributed by atoms with Crippen molar-refractivity contribution in [2.45, 2.75) is 63.1 Å². The van der Waals surface area contributed by atoms with E-state index in [0.29, 0.717) is 12.1 Å². The average molecular weight is 245 g/mol. The van der Waals surface area contributed by atoms with E-state index in [1.54, 1.807) is 0 Å². The van der Waals surface area contributed by atoms with Gasteiger partial charge in [-0.25, -0.2) is 0 Å². The molecule has 0 amide bonds.